The topological polar surface area (TPSA) is 15.3 Å². The second-order valence-corrected chi connectivity index (χ2v) is 7.66. The Hall–Kier alpha value is -0.0800. The summed E-state index contributed by atoms with van der Waals surface area (Å²) in [4.78, 5) is 2.80. The van der Waals surface area contributed by atoms with Crippen molar-refractivity contribution < 1.29 is 0 Å². The molecule has 2 heteroatoms. The lowest BCUT2D eigenvalue weighted by Crippen LogP contribution is -2.47. The zero-order valence-electron chi connectivity index (χ0n) is 14.1. The summed E-state index contributed by atoms with van der Waals surface area (Å²) in [6.07, 6.45) is 10.0. The molecule has 0 spiro atoms. The van der Waals surface area contributed by atoms with Crippen LogP contribution in [0.2, 0.25) is 0 Å². The number of hydrogen-bond donors (Lipinski definition) is 1. The summed E-state index contributed by atoms with van der Waals surface area (Å²) in [5.74, 6) is 1.95. The van der Waals surface area contributed by atoms with Crippen molar-refractivity contribution in [1.29, 1.82) is 0 Å². The molecule has 2 saturated carbocycles. The molecule has 0 aromatic heterocycles. The first kappa shape index (κ1) is 16.3. The molecule has 0 saturated heterocycles. The van der Waals surface area contributed by atoms with Crippen LogP contribution in [-0.2, 0) is 0 Å². The van der Waals surface area contributed by atoms with E-state index in [2.05, 4.69) is 31.0 Å². The Morgan fingerprint density at radius 3 is 2.60 bits per heavy atom. The van der Waals surface area contributed by atoms with Crippen LogP contribution < -0.4 is 5.32 Å². The quantitative estimate of drug-likeness (QED) is 0.689. The van der Waals surface area contributed by atoms with Crippen LogP contribution in [0.3, 0.4) is 0 Å². The Morgan fingerprint density at radius 1 is 1.20 bits per heavy atom. The van der Waals surface area contributed by atoms with E-state index in [1.165, 1.54) is 71.1 Å². The van der Waals surface area contributed by atoms with Gasteiger partial charge in [-0.2, -0.15) is 0 Å². The number of hydrogen-bond acceptors (Lipinski definition) is 2. The van der Waals surface area contributed by atoms with Gasteiger partial charge < -0.3 is 10.2 Å². The maximum absolute atomic E-state index is 3.67. The summed E-state index contributed by atoms with van der Waals surface area (Å²) < 4.78 is 0. The van der Waals surface area contributed by atoms with Crippen molar-refractivity contribution in [3.63, 3.8) is 0 Å². The Balaban J connectivity index is 1.95. The minimum Gasteiger partial charge on any atom is -0.316 e. The number of rotatable bonds is 9. The predicted octanol–water partition coefficient (Wildman–Crippen LogP) is 3.91. The highest BCUT2D eigenvalue weighted by atomic mass is 15.1. The van der Waals surface area contributed by atoms with E-state index in [1.807, 2.05) is 0 Å². The number of nitrogens with zero attached hydrogens (tertiary/aromatic N) is 1. The van der Waals surface area contributed by atoms with Gasteiger partial charge in [0.15, 0.2) is 0 Å². The van der Waals surface area contributed by atoms with Gasteiger partial charge in [-0.3, -0.25) is 0 Å². The van der Waals surface area contributed by atoms with Crippen molar-refractivity contribution >= 4 is 0 Å². The molecule has 2 unspecified atom stereocenters. The van der Waals surface area contributed by atoms with E-state index in [1.54, 1.807) is 0 Å². The SMILES string of the molecule is CCCN(CC1CC1)CC1(CNCC)CCCC(C)C1. The first-order chi connectivity index (χ1) is 9.67. The first-order valence-corrected chi connectivity index (χ1v) is 9.10. The second-order valence-electron chi connectivity index (χ2n) is 7.66. The van der Waals surface area contributed by atoms with Crippen LogP contribution >= 0.6 is 0 Å². The van der Waals surface area contributed by atoms with Gasteiger partial charge in [-0.1, -0.05) is 33.6 Å². The fourth-order valence-corrected chi connectivity index (χ4v) is 4.21. The van der Waals surface area contributed by atoms with E-state index in [4.69, 9.17) is 0 Å². The minimum atomic E-state index is 0.553. The monoisotopic (exact) mass is 280 g/mol. The van der Waals surface area contributed by atoms with Crippen molar-refractivity contribution in [3.05, 3.63) is 0 Å². The van der Waals surface area contributed by atoms with E-state index in [0.29, 0.717) is 5.41 Å². The highest BCUT2D eigenvalue weighted by Gasteiger charge is 2.37. The van der Waals surface area contributed by atoms with Crippen molar-refractivity contribution in [2.24, 2.45) is 17.3 Å². The Labute approximate surface area is 126 Å². The third kappa shape index (κ3) is 5.04. The lowest BCUT2D eigenvalue weighted by molar-refractivity contribution is 0.0779. The van der Waals surface area contributed by atoms with Gasteiger partial charge >= 0.3 is 0 Å². The van der Waals surface area contributed by atoms with Crippen LogP contribution in [0, 0.1) is 17.3 Å². The molecule has 2 atom stereocenters. The third-order valence-electron chi connectivity index (χ3n) is 5.25. The fourth-order valence-electron chi connectivity index (χ4n) is 4.21. The van der Waals surface area contributed by atoms with Gasteiger partial charge in [0.1, 0.15) is 0 Å². The molecule has 0 amide bonds. The van der Waals surface area contributed by atoms with Crippen LogP contribution in [0.5, 0.6) is 0 Å². The second kappa shape index (κ2) is 7.79. The molecule has 0 aromatic rings. The molecule has 0 aliphatic heterocycles. The molecule has 0 bridgehead atoms. The minimum absolute atomic E-state index is 0.553. The van der Waals surface area contributed by atoms with E-state index in [9.17, 15) is 0 Å². The van der Waals surface area contributed by atoms with Gasteiger partial charge in [-0.15, -0.1) is 0 Å². The summed E-state index contributed by atoms with van der Waals surface area (Å²) in [5.41, 5.74) is 0.553. The Morgan fingerprint density at radius 2 is 2.00 bits per heavy atom. The normalized spacial score (nSPS) is 30.9. The van der Waals surface area contributed by atoms with E-state index in [0.717, 1.165) is 18.4 Å². The molecule has 1 N–H and O–H groups in total. The molecule has 2 aliphatic rings. The predicted molar refractivity (Wildman–Crippen MR) is 88.1 cm³/mol. The van der Waals surface area contributed by atoms with Gasteiger partial charge in [0.05, 0.1) is 0 Å². The van der Waals surface area contributed by atoms with Crippen LogP contribution in [0.1, 0.15) is 65.7 Å². The average molecular weight is 280 g/mol. The molecule has 2 nitrogen and oxygen atoms in total. The zero-order chi connectivity index (χ0) is 14.4. The standard InChI is InChI=1S/C18H36N2/c1-4-11-20(13-17-8-9-17)15-18(14-19-5-2)10-6-7-16(3)12-18/h16-17,19H,4-15H2,1-3H3. The summed E-state index contributed by atoms with van der Waals surface area (Å²) >= 11 is 0. The van der Waals surface area contributed by atoms with Crippen molar-refractivity contribution in [2.75, 3.05) is 32.7 Å². The molecular formula is C18H36N2. The molecule has 2 fully saturated rings. The Bertz CT molecular complexity index is 275. The van der Waals surface area contributed by atoms with Gasteiger partial charge in [0.2, 0.25) is 0 Å². The van der Waals surface area contributed by atoms with Crippen LogP contribution in [0.25, 0.3) is 0 Å². The summed E-state index contributed by atoms with van der Waals surface area (Å²) in [7, 11) is 0. The maximum Gasteiger partial charge on any atom is 0.00504 e. The Kier molecular flexibility index (Phi) is 6.35. The first-order valence-electron chi connectivity index (χ1n) is 9.10. The van der Waals surface area contributed by atoms with Crippen molar-refractivity contribution in [1.82, 2.24) is 10.2 Å². The molecule has 20 heavy (non-hydrogen) atoms. The van der Waals surface area contributed by atoms with Crippen molar-refractivity contribution in [3.8, 4) is 0 Å². The van der Waals surface area contributed by atoms with E-state index >= 15 is 0 Å². The maximum atomic E-state index is 3.67. The van der Waals surface area contributed by atoms with Gasteiger partial charge in [0, 0.05) is 19.6 Å². The van der Waals surface area contributed by atoms with Crippen LogP contribution in [-0.4, -0.2) is 37.6 Å². The molecule has 0 aromatic carbocycles. The summed E-state index contributed by atoms with van der Waals surface area (Å²) in [6, 6.07) is 0. The molecule has 2 aliphatic carbocycles. The lowest BCUT2D eigenvalue weighted by atomic mass is 9.69. The van der Waals surface area contributed by atoms with Gasteiger partial charge in [-0.25, -0.2) is 0 Å². The number of nitrogens with one attached hydrogen (secondary N) is 1. The fraction of sp³-hybridized carbons (Fsp3) is 1.00. The van der Waals surface area contributed by atoms with E-state index in [-0.39, 0.29) is 0 Å². The lowest BCUT2D eigenvalue weighted by Gasteiger charge is -2.43. The van der Waals surface area contributed by atoms with Crippen molar-refractivity contribution in [2.45, 2.75) is 65.7 Å². The molecule has 118 valence electrons. The molecule has 0 radical (unpaired) electrons. The zero-order valence-corrected chi connectivity index (χ0v) is 14.1. The van der Waals surface area contributed by atoms with Crippen LogP contribution in [0.15, 0.2) is 0 Å². The highest BCUT2D eigenvalue weighted by Crippen LogP contribution is 2.40. The third-order valence-corrected chi connectivity index (χ3v) is 5.25. The van der Waals surface area contributed by atoms with Gasteiger partial charge in [0.25, 0.3) is 0 Å². The summed E-state index contributed by atoms with van der Waals surface area (Å²) in [5, 5.41) is 3.67. The molecule has 0 heterocycles. The molecule has 2 rings (SSSR count). The van der Waals surface area contributed by atoms with E-state index < -0.39 is 0 Å². The van der Waals surface area contributed by atoms with Gasteiger partial charge in [-0.05, 0) is 62.4 Å². The van der Waals surface area contributed by atoms with Crippen LogP contribution in [0.4, 0.5) is 0 Å². The summed E-state index contributed by atoms with van der Waals surface area (Å²) in [6.45, 7) is 13.4. The molecular weight excluding hydrogens is 244 g/mol. The highest BCUT2D eigenvalue weighted by molar-refractivity contribution is 4.91. The average Bonchev–Trinajstić information content (AvgIpc) is 3.21. The largest absolute Gasteiger partial charge is 0.316 e. The smallest absolute Gasteiger partial charge is 0.00504 e.